The summed E-state index contributed by atoms with van der Waals surface area (Å²) < 4.78 is 0. The number of nitrogens with one attached hydrogen (secondary N) is 1. The molecule has 26 heavy (non-hydrogen) atoms. The second-order valence-corrected chi connectivity index (χ2v) is 7.05. The average Bonchev–Trinajstić information content (AvgIpc) is 2.69. The SMILES string of the molecule is CC1=CC[C@@H](c2cnc(-c3ccccc3)c(C)c2)N[C@@H]1c1ccccc1. The lowest BCUT2D eigenvalue weighted by Gasteiger charge is -2.31. The van der Waals surface area contributed by atoms with Crippen LogP contribution in [0.3, 0.4) is 0 Å². The molecule has 0 saturated carbocycles. The number of benzene rings is 2. The third-order valence-corrected chi connectivity index (χ3v) is 5.18. The topological polar surface area (TPSA) is 24.9 Å². The first kappa shape index (κ1) is 16.7. The normalized spacial score (nSPS) is 19.8. The molecule has 1 aromatic heterocycles. The van der Waals surface area contributed by atoms with Gasteiger partial charge in [0.1, 0.15) is 0 Å². The van der Waals surface area contributed by atoms with Gasteiger partial charge < -0.3 is 0 Å². The largest absolute Gasteiger partial charge is 0.299 e. The van der Waals surface area contributed by atoms with Crippen LogP contribution in [-0.4, -0.2) is 4.98 Å². The molecular formula is C24H24N2. The molecule has 1 N–H and O–H groups in total. The van der Waals surface area contributed by atoms with Crippen LogP contribution in [0.1, 0.15) is 42.1 Å². The quantitative estimate of drug-likeness (QED) is 0.611. The maximum Gasteiger partial charge on any atom is 0.0731 e. The van der Waals surface area contributed by atoms with Gasteiger partial charge in [0, 0.05) is 17.8 Å². The molecule has 0 radical (unpaired) electrons. The van der Waals surface area contributed by atoms with Gasteiger partial charge in [-0.15, -0.1) is 0 Å². The monoisotopic (exact) mass is 340 g/mol. The van der Waals surface area contributed by atoms with Gasteiger partial charge in [-0.2, -0.15) is 0 Å². The predicted molar refractivity (Wildman–Crippen MR) is 108 cm³/mol. The first-order valence-electron chi connectivity index (χ1n) is 9.22. The molecule has 0 spiro atoms. The van der Waals surface area contributed by atoms with Gasteiger partial charge in [-0.05, 0) is 37.0 Å². The Hall–Kier alpha value is -2.71. The zero-order valence-corrected chi connectivity index (χ0v) is 15.3. The molecule has 0 unspecified atom stereocenters. The van der Waals surface area contributed by atoms with Crippen molar-refractivity contribution < 1.29 is 0 Å². The van der Waals surface area contributed by atoms with Crippen LogP contribution in [0.25, 0.3) is 11.3 Å². The zero-order valence-electron chi connectivity index (χ0n) is 15.3. The fourth-order valence-electron chi connectivity index (χ4n) is 3.74. The first-order valence-corrected chi connectivity index (χ1v) is 9.22. The van der Waals surface area contributed by atoms with E-state index in [1.165, 1.54) is 27.8 Å². The Morgan fingerprint density at radius 2 is 1.58 bits per heavy atom. The average molecular weight is 340 g/mol. The van der Waals surface area contributed by atoms with E-state index in [2.05, 4.69) is 85.9 Å². The minimum Gasteiger partial charge on any atom is -0.299 e. The Balaban J connectivity index is 1.61. The number of hydrogen-bond donors (Lipinski definition) is 1. The maximum atomic E-state index is 4.78. The molecule has 2 nitrogen and oxygen atoms in total. The number of pyridine rings is 1. The molecular weight excluding hydrogens is 316 g/mol. The van der Waals surface area contributed by atoms with E-state index in [-0.39, 0.29) is 6.04 Å². The van der Waals surface area contributed by atoms with Gasteiger partial charge in [-0.25, -0.2) is 0 Å². The third-order valence-electron chi connectivity index (χ3n) is 5.18. The van der Waals surface area contributed by atoms with Crippen LogP contribution in [0.4, 0.5) is 0 Å². The lowest BCUT2D eigenvalue weighted by atomic mass is 9.90. The molecule has 0 saturated heterocycles. The van der Waals surface area contributed by atoms with Crippen molar-refractivity contribution in [2.24, 2.45) is 0 Å². The Morgan fingerprint density at radius 1 is 0.885 bits per heavy atom. The van der Waals surface area contributed by atoms with Crippen molar-refractivity contribution in [2.75, 3.05) is 0 Å². The molecule has 0 fully saturated rings. The number of aromatic nitrogens is 1. The van der Waals surface area contributed by atoms with E-state index in [1.54, 1.807) is 0 Å². The molecule has 0 amide bonds. The van der Waals surface area contributed by atoms with Crippen molar-refractivity contribution in [2.45, 2.75) is 32.4 Å². The fourth-order valence-corrected chi connectivity index (χ4v) is 3.74. The predicted octanol–water partition coefficient (Wildman–Crippen LogP) is 5.78. The maximum absolute atomic E-state index is 4.78. The Morgan fingerprint density at radius 3 is 2.27 bits per heavy atom. The molecule has 2 heteroatoms. The van der Waals surface area contributed by atoms with Gasteiger partial charge in [0.05, 0.1) is 11.7 Å². The molecule has 2 heterocycles. The molecule has 1 aliphatic heterocycles. The van der Waals surface area contributed by atoms with Gasteiger partial charge in [0.2, 0.25) is 0 Å². The van der Waals surface area contributed by atoms with Crippen molar-refractivity contribution in [1.29, 1.82) is 0 Å². The Bertz CT molecular complexity index is 913. The van der Waals surface area contributed by atoms with Gasteiger partial charge in [0.25, 0.3) is 0 Å². The number of rotatable bonds is 3. The molecule has 0 aliphatic carbocycles. The summed E-state index contributed by atoms with van der Waals surface area (Å²) in [6.45, 7) is 4.36. The summed E-state index contributed by atoms with van der Waals surface area (Å²) in [6.07, 6.45) is 5.39. The van der Waals surface area contributed by atoms with E-state index in [9.17, 15) is 0 Å². The Kier molecular flexibility index (Phi) is 4.68. The van der Waals surface area contributed by atoms with Gasteiger partial charge >= 0.3 is 0 Å². The minimum atomic E-state index is 0.268. The van der Waals surface area contributed by atoms with Crippen LogP contribution < -0.4 is 5.32 Å². The molecule has 4 rings (SSSR count). The van der Waals surface area contributed by atoms with Crippen LogP contribution in [0.5, 0.6) is 0 Å². The highest BCUT2D eigenvalue weighted by molar-refractivity contribution is 5.62. The highest BCUT2D eigenvalue weighted by atomic mass is 15.0. The second kappa shape index (κ2) is 7.27. The smallest absolute Gasteiger partial charge is 0.0731 e. The summed E-state index contributed by atoms with van der Waals surface area (Å²) in [5.41, 5.74) is 7.42. The fraction of sp³-hybridized carbons (Fsp3) is 0.208. The lowest BCUT2D eigenvalue weighted by molar-refractivity contribution is 0.456. The second-order valence-electron chi connectivity index (χ2n) is 7.05. The minimum absolute atomic E-state index is 0.268. The van der Waals surface area contributed by atoms with E-state index in [1.807, 2.05) is 12.3 Å². The summed E-state index contributed by atoms with van der Waals surface area (Å²) in [4.78, 5) is 4.78. The van der Waals surface area contributed by atoms with Crippen molar-refractivity contribution in [3.63, 3.8) is 0 Å². The van der Waals surface area contributed by atoms with E-state index >= 15 is 0 Å². The van der Waals surface area contributed by atoms with E-state index in [4.69, 9.17) is 4.98 Å². The Labute approximate surface area is 155 Å². The molecule has 0 bridgehead atoms. The highest BCUT2D eigenvalue weighted by Gasteiger charge is 2.24. The van der Waals surface area contributed by atoms with Gasteiger partial charge in [-0.1, -0.05) is 78.4 Å². The van der Waals surface area contributed by atoms with Crippen molar-refractivity contribution in [1.82, 2.24) is 10.3 Å². The summed E-state index contributed by atoms with van der Waals surface area (Å²) >= 11 is 0. The first-order chi connectivity index (χ1) is 12.7. The van der Waals surface area contributed by atoms with E-state index in [0.29, 0.717) is 6.04 Å². The molecule has 2 aromatic carbocycles. The zero-order chi connectivity index (χ0) is 17.9. The lowest BCUT2D eigenvalue weighted by Crippen LogP contribution is -2.30. The summed E-state index contributed by atoms with van der Waals surface area (Å²) in [5.74, 6) is 0. The van der Waals surface area contributed by atoms with Crippen molar-refractivity contribution in [3.8, 4) is 11.3 Å². The van der Waals surface area contributed by atoms with Crippen LogP contribution in [0.15, 0.2) is 84.6 Å². The summed E-state index contributed by atoms with van der Waals surface area (Å²) in [7, 11) is 0. The molecule has 1 aliphatic rings. The van der Waals surface area contributed by atoms with Crippen LogP contribution in [0, 0.1) is 6.92 Å². The van der Waals surface area contributed by atoms with E-state index < -0.39 is 0 Å². The highest BCUT2D eigenvalue weighted by Crippen LogP contribution is 2.33. The standard InChI is InChI=1S/C24H24N2/c1-17-13-14-22(26-24(17)20-11-7-4-8-12-20)21-15-18(2)23(25-16-21)19-9-5-3-6-10-19/h3-13,15-16,22,24,26H,14H2,1-2H3/t22-,24-/m0/s1. The van der Waals surface area contributed by atoms with E-state index in [0.717, 1.165) is 12.1 Å². The number of nitrogens with zero attached hydrogens (tertiary/aromatic N) is 1. The number of hydrogen-bond acceptors (Lipinski definition) is 2. The molecule has 3 aromatic rings. The van der Waals surface area contributed by atoms with Crippen LogP contribution in [0.2, 0.25) is 0 Å². The van der Waals surface area contributed by atoms with Crippen molar-refractivity contribution >= 4 is 0 Å². The third kappa shape index (κ3) is 3.33. The number of aryl methyl sites for hydroxylation is 1. The van der Waals surface area contributed by atoms with Crippen molar-refractivity contribution in [3.05, 3.63) is 101 Å². The molecule has 2 atom stereocenters. The molecule has 130 valence electrons. The van der Waals surface area contributed by atoms with Gasteiger partial charge in [-0.3, -0.25) is 10.3 Å². The van der Waals surface area contributed by atoms with Crippen LogP contribution in [-0.2, 0) is 0 Å². The van der Waals surface area contributed by atoms with Crippen LogP contribution >= 0.6 is 0 Å². The summed E-state index contributed by atoms with van der Waals surface area (Å²) in [5, 5.41) is 3.81. The van der Waals surface area contributed by atoms with Gasteiger partial charge in [0.15, 0.2) is 0 Å². The summed E-state index contributed by atoms with van der Waals surface area (Å²) in [6, 6.07) is 23.9.